The first-order chi connectivity index (χ1) is 13.8. The van der Waals surface area contributed by atoms with Gasteiger partial charge >= 0.3 is 0 Å². The lowest BCUT2D eigenvalue weighted by Crippen LogP contribution is -2.23. The smallest absolute Gasteiger partial charge is 0.269 e. The van der Waals surface area contributed by atoms with Crippen LogP contribution in [0.25, 0.3) is 11.7 Å². The van der Waals surface area contributed by atoms with Crippen molar-refractivity contribution in [1.82, 2.24) is 14.3 Å². The SMILES string of the molecule is Cc1ccc(Oc2nc3ccccn3c(=O)c2/C=C2/SC(=S)N(C)C2=O)c(C)c1. The molecule has 4 rings (SSSR count). The molecule has 0 saturated carbocycles. The van der Waals surface area contributed by atoms with Gasteiger partial charge in [-0.25, -0.2) is 0 Å². The summed E-state index contributed by atoms with van der Waals surface area (Å²) in [5.41, 5.74) is 2.36. The maximum atomic E-state index is 13.2. The van der Waals surface area contributed by atoms with Gasteiger partial charge in [-0.1, -0.05) is 47.7 Å². The van der Waals surface area contributed by atoms with Crippen molar-refractivity contribution in [3.63, 3.8) is 0 Å². The number of benzene rings is 1. The molecule has 1 amide bonds. The third kappa shape index (κ3) is 3.56. The van der Waals surface area contributed by atoms with Gasteiger partial charge < -0.3 is 4.74 Å². The first-order valence-corrected chi connectivity index (χ1v) is 10.1. The number of hydrogen-bond acceptors (Lipinski definition) is 6. The molecule has 0 atom stereocenters. The number of aryl methyl sites for hydroxylation is 2. The van der Waals surface area contributed by atoms with E-state index in [2.05, 4.69) is 4.98 Å². The molecule has 29 heavy (non-hydrogen) atoms. The van der Waals surface area contributed by atoms with Crippen LogP contribution < -0.4 is 10.3 Å². The van der Waals surface area contributed by atoms with E-state index in [0.717, 1.165) is 22.9 Å². The highest BCUT2D eigenvalue weighted by molar-refractivity contribution is 8.26. The fourth-order valence-corrected chi connectivity index (χ4v) is 4.14. The molecule has 1 aliphatic rings. The van der Waals surface area contributed by atoms with Crippen molar-refractivity contribution in [2.75, 3.05) is 7.05 Å². The molecular formula is C21H17N3O3S2. The highest BCUT2D eigenvalue weighted by Crippen LogP contribution is 2.33. The van der Waals surface area contributed by atoms with E-state index in [9.17, 15) is 9.59 Å². The highest BCUT2D eigenvalue weighted by atomic mass is 32.2. The van der Waals surface area contributed by atoms with Crippen molar-refractivity contribution in [2.45, 2.75) is 13.8 Å². The van der Waals surface area contributed by atoms with Gasteiger partial charge in [0, 0.05) is 13.2 Å². The van der Waals surface area contributed by atoms with Gasteiger partial charge in [0.2, 0.25) is 5.88 Å². The summed E-state index contributed by atoms with van der Waals surface area (Å²) in [6, 6.07) is 11.0. The van der Waals surface area contributed by atoms with Crippen LogP contribution in [0.5, 0.6) is 11.6 Å². The molecule has 0 unspecified atom stereocenters. The minimum absolute atomic E-state index is 0.148. The van der Waals surface area contributed by atoms with E-state index >= 15 is 0 Å². The van der Waals surface area contributed by atoms with Gasteiger partial charge in [-0.3, -0.25) is 18.9 Å². The fraction of sp³-hybridized carbons (Fsp3) is 0.143. The van der Waals surface area contributed by atoms with Crippen LogP contribution in [0.2, 0.25) is 0 Å². The second-order valence-electron chi connectivity index (χ2n) is 6.68. The van der Waals surface area contributed by atoms with Gasteiger partial charge in [0.1, 0.15) is 21.3 Å². The number of fused-ring (bicyclic) bond motifs is 1. The molecule has 8 heteroatoms. The Hall–Kier alpha value is -2.97. The molecular weight excluding hydrogens is 406 g/mol. The second kappa shape index (κ2) is 7.46. The Morgan fingerprint density at radius 3 is 2.66 bits per heavy atom. The maximum Gasteiger partial charge on any atom is 0.269 e. The molecule has 1 fully saturated rings. The Morgan fingerprint density at radius 1 is 1.17 bits per heavy atom. The third-order valence-corrected chi connectivity index (χ3v) is 6.02. The zero-order chi connectivity index (χ0) is 20.7. The number of thioether (sulfide) groups is 1. The van der Waals surface area contributed by atoms with Gasteiger partial charge in [0.05, 0.1) is 4.91 Å². The lowest BCUT2D eigenvalue weighted by atomic mass is 10.1. The van der Waals surface area contributed by atoms with Crippen molar-refractivity contribution in [1.29, 1.82) is 0 Å². The zero-order valence-electron chi connectivity index (χ0n) is 16.0. The third-order valence-electron chi connectivity index (χ3n) is 4.53. The molecule has 0 bridgehead atoms. The first kappa shape index (κ1) is 19.4. The Bertz CT molecular complexity index is 1260. The van der Waals surface area contributed by atoms with Gasteiger partial charge in [0.25, 0.3) is 11.5 Å². The lowest BCUT2D eigenvalue weighted by molar-refractivity contribution is -0.121. The molecule has 2 aromatic heterocycles. The predicted octanol–water partition coefficient (Wildman–Crippen LogP) is 3.93. The molecule has 3 aromatic rings. The van der Waals surface area contributed by atoms with Crippen LogP contribution in [0, 0.1) is 13.8 Å². The van der Waals surface area contributed by atoms with E-state index < -0.39 is 0 Å². The first-order valence-electron chi connectivity index (χ1n) is 8.83. The number of pyridine rings is 1. The molecule has 3 heterocycles. The molecule has 0 spiro atoms. The molecule has 1 aromatic carbocycles. The number of carbonyl (C=O) groups is 1. The topological polar surface area (TPSA) is 63.9 Å². The Labute approximate surface area is 176 Å². The van der Waals surface area contributed by atoms with Crippen LogP contribution in [0.3, 0.4) is 0 Å². The van der Waals surface area contributed by atoms with Crippen molar-refractivity contribution in [3.8, 4) is 11.6 Å². The van der Waals surface area contributed by atoms with Gasteiger partial charge in [0.15, 0.2) is 0 Å². The van der Waals surface area contributed by atoms with Crippen molar-refractivity contribution < 1.29 is 9.53 Å². The number of thiocarbonyl (C=S) groups is 1. The number of likely N-dealkylation sites (N-methyl/N-ethyl adjacent to an activating group) is 1. The zero-order valence-corrected chi connectivity index (χ0v) is 17.6. The molecule has 0 N–H and O–H groups in total. The van der Waals surface area contributed by atoms with Crippen LogP contribution >= 0.6 is 24.0 Å². The van der Waals surface area contributed by atoms with Crippen molar-refractivity contribution in [3.05, 3.63) is 74.5 Å². The summed E-state index contributed by atoms with van der Waals surface area (Å²) in [5.74, 6) is 0.491. The lowest BCUT2D eigenvalue weighted by Gasteiger charge is -2.12. The van der Waals surface area contributed by atoms with E-state index in [4.69, 9.17) is 17.0 Å². The summed E-state index contributed by atoms with van der Waals surface area (Å²) in [7, 11) is 1.61. The summed E-state index contributed by atoms with van der Waals surface area (Å²) in [5, 5.41) is 0. The number of aromatic nitrogens is 2. The molecule has 6 nitrogen and oxygen atoms in total. The normalized spacial score (nSPS) is 15.6. The Morgan fingerprint density at radius 2 is 1.97 bits per heavy atom. The van der Waals surface area contributed by atoms with E-state index in [1.807, 2.05) is 32.0 Å². The quantitative estimate of drug-likeness (QED) is 0.470. The predicted molar refractivity (Wildman–Crippen MR) is 118 cm³/mol. The largest absolute Gasteiger partial charge is 0.438 e. The Kier molecular flexibility index (Phi) is 4.97. The molecule has 0 radical (unpaired) electrons. The molecule has 146 valence electrons. The number of hydrogen-bond donors (Lipinski definition) is 0. The number of nitrogens with zero attached hydrogens (tertiary/aromatic N) is 3. The van der Waals surface area contributed by atoms with E-state index in [1.54, 1.807) is 31.4 Å². The monoisotopic (exact) mass is 423 g/mol. The van der Waals surface area contributed by atoms with Crippen molar-refractivity contribution in [2.24, 2.45) is 0 Å². The van der Waals surface area contributed by atoms with Crippen LogP contribution in [0.4, 0.5) is 0 Å². The summed E-state index contributed by atoms with van der Waals surface area (Å²) in [4.78, 5) is 31.9. The summed E-state index contributed by atoms with van der Waals surface area (Å²) in [6.07, 6.45) is 3.14. The van der Waals surface area contributed by atoms with Crippen LogP contribution in [0.1, 0.15) is 16.7 Å². The molecule has 0 aliphatic carbocycles. The Balaban J connectivity index is 1.91. The van der Waals surface area contributed by atoms with Gasteiger partial charge in [-0.2, -0.15) is 4.98 Å². The average Bonchev–Trinajstić information content (AvgIpc) is 2.93. The van der Waals surface area contributed by atoms with Crippen molar-refractivity contribution >= 4 is 45.9 Å². The van der Waals surface area contributed by atoms with Crippen LogP contribution in [-0.4, -0.2) is 31.6 Å². The number of amides is 1. The second-order valence-corrected chi connectivity index (χ2v) is 8.35. The highest BCUT2D eigenvalue weighted by Gasteiger charge is 2.30. The molecule has 1 aliphatic heterocycles. The van der Waals surface area contributed by atoms with E-state index in [-0.39, 0.29) is 22.9 Å². The number of ether oxygens (including phenoxy) is 1. The molecule has 1 saturated heterocycles. The fourth-order valence-electron chi connectivity index (χ4n) is 2.98. The maximum absolute atomic E-state index is 13.2. The summed E-state index contributed by atoms with van der Waals surface area (Å²) < 4.78 is 7.91. The minimum atomic E-state index is -0.322. The minimum Gasteiger partial charge on any atom is -0.438 e. The standard InChI is InChI=1S/C21H17N3O3S2/c1-12-7-8-15(13(2)10-12)27-18-14(11-16-20(26)23(3)21(28)29-16)19(25)24-9-5-4-6-17(24)22-18/h4-11H,1-3H3/b16-11+. The average molecular weight is 424 g/mol. The van der Waals surface area contributed by atoms with Gasteiger partial charge in [-0.15, -0.1) is 0 Å². The van der Waals surface area contributed by atoms with E-state index in [1.165, 1.54) is 15.4 Å². The van der Waals surface area contributed by atoms with E-state index in [0.29, 0.717) is 20.6 Å². The number of carbonyl (C=O) groups excluding carboxylic acids is 1. The number of rotatable bonds is 3. The van der Waals surface area contributed by atoms with Gasteiger partial charge in [-0.05, 0) is 43.7 Å². The summed E-state index contributed by atoms with van der Waals surface area (Å²) in [6.45, 7) is 3.92. The van der Waals surface area contributed by atoms with Crippen LogP contribution in [0.15, 0.2) is 52.3 Å². The summed E-state index contributed by atoms with van der Waals surface area (Å²) >= 11 is 6.33. The van der Waals surface area contributed by atoms with Crippen LogP contribution in [-0.2, 0) is 4.79 Å².